The molecule has 0 aliphatic rings. The molecule has 1 atom stereocenters. The van der Waals surface area contributed by atoms with Crippen LogP contribution in [-0.2, 0) is 12.0 Å². The summed E-state index contributed by atoms with van der Waals surface area (Å²) in [6.07, 6.45) is -4.45. The highest BCUT2D eigenvalue weighted by molar-refractivity contribution is 7.15. The Labute approximate surface area is 120 Å². The average molecular weight is 323 g/mol. The molecule has 1 unspecified atom stereocenters. The van der Waals surface area contributed by atoms with Gasteiger partial charge in [0.1, 0.15) is 5.01 Å². The van der Waals surface area contributed by atoms with Crippen molar-refractivity contribution in [2.75, 3.05) is 6.67 Å². The second-order valence-electron chi connectivity index (χ2n) is 4.40. The minimum absolute atomic E-state index is 0.0950. The van der Waals surface area contributed by atoms with Gasteiger partial charge in [0.25, 0.3) is 5.85 Å². The van der Waals surface area contributed by atoms with E-state index in [-0.39, 0.29) is 15.6 Å². The Kier molecular flexibility index (Phi) is 4.03. The van der Waals surface area contributed by atoms with E-state index in [2.05, 4.69) is 4.98 Å². The summed E-state index contributed by atoms with van der Waals surface area (Å²) in [4.78, 5) is 3.67. The van der Waals surface area contributed by atoms with Gasteiger partial charge in [0.2, 0.25) is 0 Å². The Morgan fingerprint density at radius 2 is 1.71 bits per heavy atom. The van der Waals surface area contributed by atoms with Crippen LogP contribution in [0.2, 0.25) is 0 Å². The van der Waals surface area contributed by atoms with Crippen LogP contribution in [0, 0.1) is 6.92 Å². The van der Waals surface area contributed by atoms with Gasteiger partial charge in [0.15, 0.2) is 6.67 Å². The van der Waals surface area contributed by atoms with Crippen LogP contribution in [0.1, 0.15) is 16.1 Å². The molecule has 0 aliphatic heterocycles. The molecule has 8 heteroatoms. The maximum atomic E-state index is 13.6. The molecule has 1 heterocycles. The number of hydrogen-bond acceptors (Lipinski definition) is 3. The van der Waals surface area contributed by atoms with Crippen molar-refractivity contribution in [1.29, 1.82) is 0 Å². The van der Waals surface area contributed by atoms with Crippen LogP contribution in [0.3, 0.4) is 0 Å². The summed E-state index contributed by atoms with van der Waals surface area (Å²) in [5, 5.41) is 9.48. The number of thiazole rings is 1. The number of aliphatic hydroxyl groups is 1. The fourth-order valence-corrected chi connectivity index (χ4v) is 2.77. The highest BCUT2D eigenvalue weighted by Gasteiger charge is 2.34. The molecule has 2 nitrogen and oxygen atoms in total. The van der Waals surface area contributed by atoms with Crippen molar-refractivity contribution in [1.82, 2.24) is 4.98 Å². The molecule has 0 aliphatic carbocycles. The Morgan fingerprint density at radius 1 is 1.14 bits per heavy atom. The van der Waals surface area contributed by atoms with Gasteiger partial charge in [-0.05, 0) is 19.1 Å². The van der Waals surface area contributed by atoms with Crippen molar-refractivity contribution in [3.05, 3.63) is 40.4 Å². The first kappa shape index (κ1) is 15.8. The van der Waals surface area contributed by atoms with Gasteiger partial charge in [-0.2, -0.15) is 13.2 Å². The summed E-state index contributed by atoms with van der Waals surface area (Å²) in [6.45, 7) is -0.234. The summed E-state index contributed by atoms with van der Waals surface area (Å²) in [5.41, 5.74) is -0.389. The molecule has 1 aromatic carbocycles. The predicted octanol–water partition coefficient (Wildman–Crippen LogP) is 4.22. The molecule has 2 aromatic rings. The van der Waals surface area contributed by atoms with Gasteiger partial charge in [0, 0.05) is 5.56 Å². The number of rotatable bonds is 3. The van der Waals surface area contributed by atoms with E-state index in [9.17, 15) is 27.1 Å². The van der Waals surface area contributed by atoms with E-state index in [0.29, 0.717) is 16.9 Å². The first-order valence-electron chi connectivity index (χ1n) is 5.78. The normalized spacial score (nSPS) is 15.0. The van der Waals surface area contributed by atoms with Crippen LogP contribution in [0.15, 0.2) is 24.3 Å². The standard InChI is InChI=1S/C13H10F5NOS/c1-7-10(12(15,20)6-14)21-11(19-7)8-2-4-9(5-3-8)13(16,17)18/h2-5,20H,6H2,1H3. The molecular weight excluding hydrogens is 313 g/mol. The summed E-state index contributed by atoms with van der Waals surface area (Å²) in [6, 6.07) is 4.14. The molecule has 0 saturated heterocycles. The zero-order valence-corrected chi connectivity index (χ0v) is 11.5. The van der Waals surface area contributed by atoms with E-state index in [1.54, 1.807) is 0 Å². The van der Waals surface area contributed by atoms with Crippen LogP contribution < -0.4 is 0 Å². The summed E-state index contributed by atoms with van der Waals surface area (Å²) < 4.78 is 63.4. The van der Waals surface area contributed by atoms with E-state index in [1.165, 1.54) is 19.1 Å². The zero-order chi connectivity index (χ0) is 15.8. The molecule has 1 N–H and O–H groups in total. The minimum Gasteiger partial charge on any atom is -0.355 e. The fourth-order valence-electron chi connectivity index (χ4n) is 1.74. The van der Waals surface area contributed by atoms with Crippen molar-refractivity contribution in [3.63, 3.8) is 0 Å². The zero-order valence-electron chi connectivity index (χ0n) is 10.7. The molecule has 21 heavy (non-hydrogen) atoms. The maximum absolute atomic E-state index is 13.6. The quantitative estimate of drug-likeness (QED) is 0.858. The molecule has 0 bridgehead atoms. The van der Waals surface area contributed by atoms with E-state index < -0.39 is 24.3 Å². The van der Waals surface area contributed by atoms with E-state index in [0.717, 1.165) is 12.1 Å². The first-order chi connectivity index (χ1) is 9.65. The average Bonchev–Trinajstić information content (AvgIpc) is 2.81. The lowest BCUT2D eigenvalue weighted by atomic mass is 10.1. The van der Waals surface area contributed by atoms with Crippen molar-refractivity contribution < 1.29 is 27.1 Å². The van der Waals surface area contributed by atoms with Crippen molar-refractivity contribution in [2.45, 2.75) is 19.0 Å². The molecule has 0 amide bonds. The Morgan fingerprint density at radius 3 is 2.19 bits per heavy atom. The molecular formula is C13H10F5NOS. The second-order valence-corrected chi connectivity index (χ2v) is 5.40. The summed E-state index contributed by atoms with van der Waals surface area (Å²) >= 11 is 0.700. The molecule has 114 valence electrons. The van der Waals surface area contributed by atoms with Gasteiger partial charge in [-0.15, -0.1) is 11.3 Å². The Bertz CT molecular complexity index is 633. The van der Waals surface area contributed by atoms with E-state index in [4.69, 9.17) is 0 Å². The molecule has 0 radical (unpaired) electrons. The van der Waals surface area contributed by atoms with Crippen LogP contribution >= 0.6 is 11.3 Å². The highest BCUT2D eigenvalue weighted by Crippen LogP contribution is 2.37. The van der Waals surface area contributed by atoms with Gasteiger partial charge < -0.3 is 5.11 Å². The molecule has 1 aromatic heterocycles. The van der Waals surface area contributed by atoms with E-state index in [1.807, 2.05) is 0 Å². The van der Waals surface area contributed by atoms with Crippen LogP contribution in [0.5, 0.6) is 0 Å². The topological polar surface area (TPSA) is 33.1 Å². The number of alkyl halides is 5. The number of halogens is 5. The van der Waals surface area contributed by atoms with Crippen LogP contribution in [0.25, 0.3) is 10.6 Å². The third-order valence-corrected chi connectivity index (χ3v) is 4.11. The first-order valence-corrected chi connectivity index (χ1v) is 6.59. The third-order valence-electron chi connectivity index (χ3n) is 2.78. The molecule has 0 fully saturated rings. The fraction of sp³-hybridized carbons (Fsp3) is 0.308. The second kappa shape index (κ2) is 5.34. The van der Waals surface area contributed by atoms with Gasteiger partial charge in [-0.1, -0.05) is 12.1 Å². The Hall–Kier alpha value is -1.54. The van der Waals surface area contributed by atoms with Gasteiger partial charge in [0.05, 0.1) is 16.1 Å². The largest absolute Gasteiger partial charge is 0.416 e. The number of benzene rings is 1. The summed E-state index contributed by atoms with van der Waals surface area (Å²) in [5.74, 6) is -3.13. The highest BCUT2D eigenvalue weighted by atomic mass is 32.1. The number of nitrogens with zero attached hydrogens (tertiary/aromatic N) is 1. The van der Waals surface area contributed by atoms with Crippen LogP contribution in [-0.4, -0.2) is 16.8 Å². The number of aryl methyl sites for hydroxylation is 1. The lowest BCUT2D eigenvalue weighted by molar-refractivity contribution is -0.137. The SMILES string of the molecule is Cc1nc(-c2ccc(C(F)(F)F)cc2)sc1C(O)(F)CF. The van der Waals surface area contributed by atoms with E-state index >= 15 is 0 Å². The van der Waals surface area contributed by atoms with Gasteiger partial charge in [-0.25, -0.2) is 13.8 Å². The maximum Gasteiger partial charge on any atom is 0.416 e. The molecule has 2 rings (SSSR count). The van der Waals surface area contributed by atoms with Gasteiger partial charge in [-0.3, -0.25) is 0 Å². The van der Waals surface area contributed by atoms with Crippen molar-refractivity contribution in [2.24, 2.45) is 0 Å². The smallest absolute Gasteiger partial charge is 0.355 e. The lowest BCUT2D eigenvalue weighted by Crippen LogP contribution is -2.21. The summed E-state index contributed by atoms with van der Waals surface area (Å²) in [7, 11) is 0. The lowest BCUT2D eigenvalue weighted by Gasteiger charge is -2.12. The number of aromatic nitrogens is 1. The number of hydrogen-bond donors (Lipinski definition) is 1. The van der Waals surface area contributed by atoms with Crippen molar-refractivity contribution in [3.8, 4) is 10.6 Å². The third kappa shape index (κ3) is 3.21. The van der Waals surface area contributed by atoms with Crippen molar-refractivity contribution >= 4 is 11.3 Å². The minimum atomic E-state index is -4.45. The monoisotopic (exact) mass is 323 g/mol. The van der Waals surface area contributed by atoms with Crippen LogP contribution in [0.4, 0.5) is 22.0 Å². The Balaban J connectivity index is 2.38. The molecule has 0 spiro atoms. The predicted molar refractivity (Wildman–Crippen MR) is 68.3 cm³/mol. The van der Waals surface area contributed by atoms with Gasteiger partial charge >= 0.3 is 6.18 Å². The molecule has 0 saturated carbocycles.